The Morgan fingerprint density at radius 2 is 1.57 bits per heavy atom. The average Bonchev–Trinajstić information content (AvgIpc) is 2.31. The van der Waals surface area contributed by atoms with E-state index in [1.807, 2.05) is 0 Å². The van der Waals surface area contributed by atoms with Crippen molar-refractivity contribution in [3.8, 4) is 0 Å². The van der Waals surface area contributed by atoms with Gasteiger partial charge in [-0.2, -0.15) is 0 Å². The maximum atomic E-state index is 11.9. The number of hydrogen-bond acceptors (Lipinski definition) is 5. The van der Waals surface area contributed by atoms with Crippen LogP contribution in [0.3, 0.4) is 0 Å². The Balaban J connectivity index is 4.72. The molecule has 0 heterocycles. The Hall–Kier alpha value is -1.85. The summed E-state index contributed by atoms with van der Waals surface area (Å²) in [5, 5.41) is 8.72. The molecule has 0 aromatic heterocycles. The van der Waals surface area contributed by atoms with Crippen LogP contribution in [0.15, 0.2) is 12.2 Å². The lowest BCUT2D eigenvalue weighted by molar-refractivity contribution is -0.153. The lowest BCUT2D eigenvalue weighted by Gasteiger charge is -2.18. The fraction of sp³-hybridized carbons (Fsp3) is 0.667. The van der Waals surface area contributed by atoms with Gasteiger partial charge in [-0.15, -0.1) is 0 Å². The van der Waals surface area contributed by atoms with Crippen LogP contribution in [0.1, 0.15) is 47.0 Å². The highest BCUT2D eigenvalue weighted by Crippen LogP contribution is 2.20. The van der Waals surface area contributed by atoms with Crippen LogP contribution in [0.25, 0.3) is 0 Å². The van der Waals surface area contributed by atoms with Gasteiger partial charge in [-0.25, -0.2) is 4.79 Å². The molecular weight excluding hydrogens is 276 g/mol. The van der Waals surface area contributed by atoms with E-state index in [2.05, 4.69) is 6.58 Å². The predicted octanol–water partition coefficient (Wildman–Crippen LogP) is 2.32. The first kappa shape index (κ1) is 19.1. The van der Waals surface area contributed by atoms with Crippen molar-refractivity contribution in [2.45, 2.75) is 59.2 Å². The van der Waals surface area contributed by atoms with Crippen LogP contribution in [-0.2, 0) is 23.9 Å². The molecule has 0 saturated heterocycles. The molecule has 0 fully saturated rings. The lowest BCUT2D eigenvalue weighted by Crippen LogP contribution is -2.24. The average molecular weight is 300 g/mol. The summed E-state index contributed by atoms with van der Waals surface area (Å²) in [6, 6.07) is 0. The second-order valence-corrected chi connectivity index (χ2v) is 5.38. The van der Waals surface area contributed by atoms with Crippen molar-refractivity contribution >= 4 is 17.9 Å². The van der Waals surface area contributed by atoms with Crippen molar-refractivity contribution in [1.29, 1.82) is 0 Å². The number of carboxylic acid groups (broad SMARTS) is 1. The molecule has 0 aliphatic heterocycles. The molecule has 0 bridgehead atoms. The molecule has 0 aromatic carbocycles. The van der Waals surface area contributed by atoms with E-state index in [4.69, 9.17) is 14.6 Å². The van der Waals surface area contributed by atoms with Gasteiger partial charge in [0.05, 0.1) is 18.1 Å². The van der Waals surface area contributed by atoms with Crippen LogP contribution >= 0.6 is 0 Å². The Bertz CT molecular complexity index is 397. The van der Waals surface area contributed by atoms with E-state index in [1.54, 1.807) is 27.7 Å². The zero-order valence-electron chi connectivity index (χ0n) is 13.0. The number of ether oxygens (including phenoxy) is 2. The minimum Gasteiger partial charge on any atom is -0.481 e. The Labute approximate surface area is 125 Å². The van der Waals surface area contributed by atoms with E-state index in [0.29, 0.717) is 0 Å². The molecular formula is C15H24O6. The van der Waals surface area contributed by atoms with Gasteiger partial charge in [-0.1, -0.05) is 6.58 Å². The number of carboxylic acids is 1. The summed E-state index contributed by atoms with van der Waals surface area (Å²) < 4.78 is 10.1. The summed E-state index contributed by atoms with van der Waals surface area (Å²) in [5.74, 6) is -2.82. The molecule has 0 aliphatic carbocycles. The normalized spacial score (nSPS) is 12.1. The summed E-state index contributed by atoms with van der Waals surface area (Å²) in [5.41, 5.74) is 0.139. The highest BCUT2D eigenvalue weighted by Gasteiger charge is 2.25. The van der Waals surface area contributed by atoms with E-state index in [9.17, 15) is 14.4 Å². The van der Waals surface area contributed by atoms with Gasteiger partial charge in [-0.05, 0) is 40.5 Å². The molecule has 0 spiro atoms. The SMILES string of the molecule is C=C(CC(CCC(=O)O)C(=O)OC(C)C)C(=O)OC(C)C. The minimum absolute atomic E-state index is 0.0321. The molecule has 0 aromatic rings. The maximum absolute atomic E-state index is 11.9. The van der Waals surface area contributed by atoms with E-state index in [0.717, 1.165) is 0 Å². The van der Waals surface area contributed by atoms with Crippen LogP contribution in [-0.4, -0.2) is 35.2 Å². The second kappa shape index (κ2) is 9.15. The first-order chi connectivity index (χ1) is 9.63. The predicted molar refractivity (Wildman–Crippen MR) is 76.6 cm³/mol. The molecule has 0 radical (unpaired) electrons. The Kier molecular flexibility index (Phi) is 8.35. The molecule has 1 atom stereocenters. The van der Waals surface area contributed by atoms with E-state index < -0.39 is 23.8 Å². The first-order valence-corrected chi connectivity index (χ1v) is 6.94. The van der Waals surface area contributed by atoms with Gasteiger partial charge >= 0.3 is 17.9 Å². The topological polar surface area (TPSA) is 89.9 Å². The van der Waals surface area contributed by atoms with Crippen molar-refractivity contribution < 1.29 is 29.0 Å². The summed E-state index contributed by atoms with van der Waals surface area (Å²) in [4.78, 5) is 34.3. The molecule has 1 unspecified atom stereocenters. The van der Waals surface area contributed by atoms with Crippen LogP contribution in [0.2, 0.25) is 0 Å². The smallest absolute Gasteiger partial charge is 0.333 e. The van der Waals surface area contributed by atoms with E-state index in [-0.39, 0.29) is 37.0 Å². The number of carbonyl (C=O) groups excluding carboxylic acids is 2. The fourth-order valence-corrected chi connectivity index (χ4v) is 1.61. The zero-order chi connectivity index (χ0) is 16.6. The van der Waals surface area contributed by atoms with Crippen LogP contribution < -0.4 is 0 Å². The third-order valence-electron chi connectivity index (χ3n) is 2.52. The standard InChI is InChI=1S/C15H24O6/c1-9(2)20-14(18)11(5)8-12(6-7-13(16)17)15(19)21-10(3)4/h9-10,12H,5-8H2,1-4H3,(H,16,17). The molecule has 0 saturated carbocycles. The molecule has 21 heavy (non-hydrogen) atoms. The highest BCUT2D eigenvalue weighted by atomic mass is 16.5. The van der Waals surface area contributed by atoms with Crippen molar-refractivity contribution in [2.24, 2.45) is 5.92 Å². The van der Waals surface area contributed by atoms with Gasteiger partial charge in [-0.3, -0.25) is 9.59 Å². The summed E-state index contributed by atoms with van der Waals surface area (Å²) >= 11 is 0. The maximum Gasteiger partial charge on any atom is 0.333 e. The summed E-state index contributed by atoms with van der Waals surface area (Å²) in [6.07, 6.45) is -0.640. The van der Waals surface area contributed by atoms with E-state index >= 15 is 0 Å². The van der Waals surface area contributed by atoms with Crippen molar-refractivity contribution in [2.75, 3.05) is 0 Å². The van der Waals surface area contributed by atoms with Crippen LogP contribution in [0, 0.1) is 5.92 Å². The Morgan fingerprint density at radius 1 is 1.05 bits per heavy atom. The fourth-order valence-electron chi connectivity index (χ4n) is 1.61. The van der Waals surface area contributed by atoms with Crippen molar-refractivity contribution in [1.82, 2.24) is 0 Å². The quantitative estimate of drug-likeness (QED) is 0.519. The number of carbonyl (C=O) groups is 3. The third-order valence-corrected chi connectivity index (χ3v) is 2.52. The highest BCUT2D eigenvalue weighted by molar-refractivity contribution is 5.89. The van der Waals surface area contributed by atoms with Crippen LogP contribution in [0.4, 0.5) is 0 Å². The van der Waals surface area contributed by atoms with Gasteiger partial charge < -0.3 is 14.6 Å². The minimum atomic E-state index is -1.01. The van der Waals surface area contributed by atoms with Gasteiger partial charge in [0.2, 0.25) is 0 Å². The van der Waals surface area contributed by atoms with Gasteiger partial charge in [0.25, 0.3) is 0 Å². The summed E-state index contributed by atoms with van der Waals surface area (Å²) in [6.45, 7) is 10.4. The first-order valence-electron chi connectivity index (χ1n) is 6.94. The van der Waals surface area contributed by atoms with Gasteiger partial charge in [0.1, 0.15) is 0 Å². The second-order valence-electron chi connectivity index (χ2n) is 5.38. The van der Waals surface area contributed by atoms with Crippen molar-refractivity contribution in [3.63, 3.8) is 0 Å². The molecule has 120 valence electrons. The lowest BCUT2D eigenvalue weighted by atomic mass is 9.95. The zero-order valence-corrected chi connectivity index (χ0v) is 13.0. The molecule has 6 nitrogen and oxygen atoms in total. The van der Waals surface area contributed by atoms with Gasteiger partial charge in [0.15, 0.2) is 0 Å². The number of esters is 2. The molecule has 1 N–H and O–H groups in total. The molecule has 0 aliphatic rings. The number of rotatable bonds is 9. The Morgan fingerprint density at radius 3 is 2.00 bits per heavy atom. The monoisotopic (exact) mass is 300 g/mol. The third kappa shape index (κ3) is 8.83. The molecule has 0 amide bonds. The van der Waals surface area contributed by atoms with Gasteiger partial charge in [0, 0.05) is 12.0 Å². The van der Waals surface area contributed by atoms with Crippen molar-refractivity contribution in [3.05, 3.63) is 12.2 Å². The molecule has 0 rings (SSSR count). The number of hydrogen-bond donors (Lipinski definition) is 1. The molecule has 6 heteroatoms. The number of aliphatic carboxylic acids is 1. The van der Waals surface area contributed by atoms with Crippen LogP contribution in [0.5, 0.6) is 0 Å². The largest absolute Gasteiger partial charge is 0.481 e. The summed E-state index contributed by atoms with van der Waals surface area (Å²) in [7, 11) is 0. The van der Waals surface area contributed by atoms with E-state index in [1.165, 1.54) is 0 Å².